The number of sulfonamides is 1. The van der Waals surface area contributed by atoms with Crippen LogP contribution in [0.5, 0.6) is 0 Å². The fourth-order valence-corrected chi connectivity index (χ4v) is 3.20. The van der Waals surface area contributed by atoms with E-state index in [0.29, 0.717) is 6.54 Å². The maximum absolute atomic E-state index is 12.2. The van der Waals surface area contributed by atoms with Crippen LogP contribution >= 0.6 is 0 Å². The van der Waals surface area contributed by atoms with Gasteiger partial charge in [-0.15, -0.1) is 0 Å². The van der Waals surface area contributed by atoms with Crippen LogP contribution in [0.15, 0.2) is 24.5 Å². The molecule has 1 saturated carbocycles. The Hall–Kier alpha value is -1.47. The van der Waals surface area contributed by atoms with Crippen LogP contribution in [0.2, 0.25) is 0 Å². The lowest BCUT2D eigenvalue weighted by atomic mass is 10.2. The minimum absolute atomic E-state index is 0.0116. The molecule has 0 N–H and O–H groups in total. The Bertz CT molecular complexity index is 585. The van der Waals surface area contributed by atoms with Crippen molar-refractivity contribution in [2.45, 2.75) is 25.3 Å². The van der Waals surface area contributed by atoms with E-state index >= 15 is 0 Å². The largest absolute Gasteiger partial charge is 0.344 e. The molecular weight excluding hydrogens is 290 g/mol. The van der Waals surface area contributed by atoms with Crippen molar-refractivity contribution in [3.8, 4) is 0 Å². The van der Waals surface area contributed by atoms with Crippen LogP contribution in [0.25, 0.3) is 0 Å². The fraction of sp³-hybridized carbons (Fsp3) is 0.571. The first kappa shape index (κ1) is 15.9. The maximum Gasteiger partial charge on any atom is 0.237 e. The van der Waals surface area contributed by atoms with Crippen molar-refractivity contribution >= 4 is 15.9 Å². The first-order valence-electron chi connectivity index (χ1n) is 6.97. The van der Waals surface area contributed by atoms with Crippen LogP contribution in [-0.4, -0.2) is 60.9 Å². The lowest BCUT2D eigenvalue weighted by molar-refractivity contribution is -0.130. The molecule has 1 fully saturated rings. The Morgan fingerprint density at radius 2 is 1.95 bits per heavy atom. The summed E-state index contributed by atoms with van der Waals surface area (Å²) in [5.41, 5.74) is 1.10. The van der Waals surface area contributed by atoms with Gasteiger partial charge in [0.05, 0.1) is 12.8 Å². The molecular formula is C14H21N3O3S. The number of hydrogen-bond donors (Lipinski definition) is 0. The lowest BCUT2D eigenvalue weighted by Gasteiger charge is -2.23. The highest BCUT2D eigenvalue weighted by atomic mass is 32.2. The van der Waals surface area contributed by atoms with Gasteiger partial charge in [0.25, 0.3) is 0 Å². The number of likely N-dealkylation sites (N-methyl/N-ethyl adjacent to an activating group) is 1. The van der Waals surface area contributed by atoms with E-state index in [9.17, 15) is 13.2 Å². The van der Waals surface area contributed by atoms with Gasteiger partial charge in [-0.3, -0.25) is 9.78 Å². The monoisotopic (exact) mass is 311 g/mol. The topological polar surface area (TPSA) is 70.6 Å². The molecule has 1 aromatic rings. The number of aromatic nitrogens is 1. The van der Waals surface area contributed by atoms with E-state index in [1.807, 2.05) is 12.1 Å². The molecule has 0 aromatic carbocycles. The molecule has 0 radical (unpaired) electrons. The number of carbonyl (C=O) groups excluding carboxylic acids is 1. The number of nitrogens with zero attached hydrogens (tertiary/aromatic N) is 3. The van der Waals surface area contributed by atoms with Crippen molar-refractivity contribution in [2.75, 3.05) is 26.4 Å². The van der Waals surface area contributed by atoms with Gasteiger partial charge in [-0.25, -0.2) is 8.42 Å². The summed E-state index contributed by atoms with van der Waals surface area (Å²) in [6.45, 7) is 0.501. The predicted molar refractivity (Wildman–Crippen MR) is 80.1 cm³/mol. The van der Waals surface area contributed by atoms with Gasteiger partial charge >= 0.3 is 0 Å². The van der Waals surface area contributed by atoms with Gasteiger partial charge in [0, 0.05) is 32.0 Å². The summed E-state index contributed by atoms with van der Waals surface area (Å²) in [5.74, 6) is -0.165. The summed E-state index contributed by atoms with van der Waals surface area (Å²) in [6.07, 6.45) is 7.02. The second-order valence-corrected chi connectivity index (χ2v) is 7.40. The van der Waals surface area contributed by atoms with E-state index in [1.54, 1.807) is 24.3 Å². The number of hydrogen-bond acceptors (Lipinski definition) is 4. The van der Waals surface area contributed by atoms with Gasteiger partial charge in [0.15, 0.2) is 0 Å². The van der Waals surface area contributed by atoms with E-state index in [1.165, 1.54) is 4.31 Å². The van der Waals surface area contributed by atoms with Crippen molar-refractivity contribution in [3.63, 3.8) is 0 Å². The molecule has 1 aromatic heterocycles. The van der Waals surface area contributed by atoms with Gasteiger partial charge in [0.2, 0.25) is 15.9 Å². The smallest absolute Gasteiger partial charge is 0.237 e. The average molecular weight is 311 g/mol. The van der Waals surface area contributed by atoms with Crippen LogP contribution in [0.3, 0.4) is 0 Å². The minimum atomic E-state index is -3.32. The van der Waals surface area contributed by atoms with Crippen LogP contribution < -0.4 is 0 Å². The van der Waals surface area contributed by atoms with Crippen molar-refractivity contribution < 1.29 is 13.2 Å². The van der Waals surface area contributed by atoms with Gasteiger partial charge in [-0.1, -0.05) is 0 Å². The van der Waals surface area contributed by atoms with Crippen molar-refractivity contribution in [3.05, 3.63) is 30.1 Å². The summed E-state index contributed by atoms with van der Waals surface area (Å²) in [5, 5.41) is 0. The standard InChI is InChI=1S/C14H21N3O3S/c1-16(10-7-12-5-8-15-9-6-12)14(18)11-17(13-3-4-13)21(2,19)20/h5-6,8-9,13H,3-4,7,10-11H2,1-2H3. The molecule has 1 amide bonds. The van der Waals surface area contributed by atoms with Gasteiger partial charge in [-0.2, -0.15) is 4.31 Å². The van der Waals surface area contributed by atoms with Crippen molar-refractivity contribution in [1.29, 1.82) is 0 Å². The molecule has 0 spiro atoms. The molecule has 0 aliphatic heterocycles. The van der Waals surface area contributed by atoms with Crippen LogP contribution in [-0.2, 0) is 21.2 Å². The van der Waals surface area contributed by atoms with E-state index in [-0.39, 0.29) is 18.5 Å². The van der Waals surface area contributed by atoms with Crippen LogP contribution in [0.4, 0.5) is 0 Å². The quantitative estimate of drug-likeness (QED) is 0.735. The third-order valence-electron chi connectivity index (χ3n) is 3.58. The summed E-state index contributed by atoms with van der Waals surface area (Å²) in [4.78, 5) is 17.7. The van der Waals surface area contributed by atoms with Gasteiger partial charge < -0.3 is 4.90 Å². The Balaban J connectivity index is 1.87. The highest BCUT2D eigenvalue weighted by molar-refractivity contribution is 7.88. The Morgan fingerprint density at radius 1 is 1.33 bits per heavy atom. The summed E-state index contributed by atoms with van der Waals surface area (Å²) < 4.78 is 24.7. The molecule has 0 unspecified atom stereocenters. The molecule has 6 nitrogen and oxygen atoms in total. The molecule has 7 heteroatoms. The zero-order chi connectivity index (χ0) is 15.5. The molecule has 0 bridgehead atoms. The third kappa shape index (κ3) is 4.78. The molecule has 0 saturated heterocycles. The number of carbonyl (C=O) groups is 1. The molecule has 2 rings (SSSR count). The summed E-state index contributed by atoms with van der Waals surface area (Å²) in [6, 6.07) is 3.83. The second-order valence-electron chi connectivity index (χ2n) is 5.46. The Labute approximate surface area is 125 Å². The number of pyridine rings is 1. The molecule has 1 aliphatic rings. The highest BCUT2D eigenvalue weighted by Crippen LogP contribution is 2.28. The molecule has 1 heterocycles. The third-order valence-corrected chi connectivity index (χ3v) is 4.86. The zero-order valence-corrected chi connectivity index (χ0v) is 13.2. The Morgan fingerprint density at radius 3 is 2.48 bits per heavy atom. The molecule has 1 aliphatic carbocycles. The fourth-order valence-electron chi connectivity index (χ4n) is 2.10. The maximum atomic E-state index is 12.2. The van der Waals surface area contributed by atoms with Crippen molar-refractivity contribution in [2.24, 2.45) is 0 Å². The lowest BCUT2D eigenvalue weighted by Crippen LogP contribution is -2.42. The summed E-state index contributed by atoms with van der Waals surface area (Å²) >= 11 is 0. The van der Waals surface area contributed by atoms with Gasteiger partial charge in [0.1, 0.15) is 0 Å². The minimum Gasteiger partial charge on any atom is -0.344 e. The Kier molecular flexibility index (Phi) is 4.95. The highest BCUT2D eigenvalue weighted by Gasteiger charge is 2.36. The first-order chi connectivity index (χ1) is 9.88. The predicted octanol–water partition coefficient (Wildman–Crippen LogP) is 0.506. The SMILES string of the molecule is CN(CCc1ccncc1)C(=O)CN(C1CC1)S(C)(=O)=O. The zero-order valence-electron chi connectivity index (χ0n) is 12.4. The van der Waals surface area contributed by atoms with Crippen LogP contribution in [0.1, 0.15) is 18.4 Å². The number of amides is 1. The molecule has 116 valence electrons. The van der Waals surface area contributed by atoms with E-state index in [2.05, 4.69) is 4.98 Å². The van der Waals surface area contributed by atoms with Crippen molar-refractivity contribution in [1.82, 2.24) is 14.2 Å². The van der Waals surface area contributed by atoms with Crippen LogP contribution in [0, 0.1) is 0 Å². The first-order valence-corrected chi connectivity index (χ1v) is 8.82. The average Bonchev–Trinajstić information content (AvgIpc) is 3.26. The second kappa shape index (κ2) is 6.53. The summed E-state index contributed by atoms with van der Waals surface area (Å²) in [7, 11) is -1.61. The van der Waals surface area contributed by atoms with E-state index in [0.717, 1.165) is 31.1 Å². The molecule has 21 heavy (non-hydrogen) atoms. The number of rotatable bonds is 7. The molecule has 0 atom stereocenters. The normalized spacial score (nSPS) is 15.2. The van der Waals surface area contributed by atoms with E-state index < -0.39 is 10.0 Å². The van der Waals surface area contributed by atoms with Gasteiger partial charge in [-0.05, 0) is 37.0 Å². The van der Waals surface area contributed by atoms with E-state index in [4.69, 9.17) is 0 Å².